The minimum atomic E-state index is -0.430. The van der Waals surface area contributed by atoms with Gasteiger partial charge < -0.3 is 9.64 Å². The van der Waals surface area contributed by atoms with Crippen LogP contribution >= 0.6 is 0 Å². The number of aryl methyl sites for hydroxylation is 1. The number of carbonyl (C=O) groups excluding carboxylic acids is 1. The molecule has 0 bridgehead atoms. The van der Waals surface area contributed by atoms with E-state index in [4.69, 9.17) is 4.74 Å². The van der Waals surface area contributed by atoms with E-state index in [0.29, 0.717) is 11.8 Å². The second-order valence-corrected chi connectivity index (χ2v) is 9.04. The van der Waals surface area contributed by atoms with Crippen molar-refractivity contribution >= 4 is 6.09 Å². The van der Waals surface area contributed by atoms with E-state index >= 15 is 0 Å². The van der Waals surface area contributed by atoms with Crippen molar-refractivity contribution < 1.29 is 9.53 Å². The Bertz CT molecular complexity index is 625. The fraction of sp³-hybridized carbons (Fsp3) is 0.800. The summed E-state index contributed by atoms with van der Waals surface area (Å²) in [6.07, 6.45) is 5.11. The number of piperidine rings is 1. The first-order valence-electron chi connectivity index (χ1n) is 10.1. The number of rotatable bonds is 5. The second kappa shape index (κ2) is 8.19. The minimum absolute atomic E-state index is 0.226. The monoisotopic (exact) mass is 377 g/mol. The number of aromatic nitrogens is 2. The summed E-state index contributed by atoms with van der Waals surface area (Å²) in [6.45, 7) is 10.9. The molecule has 0 aliphatic carbocycles. The molecule has 0 atom stereocenters. The first-order valence-corrected chi connectivity index (χ1v) is 10.1. The van der Waals surface area contributed by atoms with Crippen molar-refractivity contribution in [3.8, 4) is 0 Å². The van der Waals surface area contributed by atoms with Crippen molar-refractivity contribution in [2.24, 2.45) is 13.0 Å². The van der Waals surface area contributed by atoms with E-state index in [2.05, 4.69) is 21.2 Å². The van der Waals surface area contributed by atoms with Crippen molar-refractivity contribution in [3.05, 3.63) is 18.0 Å². The van der Waals surface area contributed by atoms with Crippen LogP contribution in [0.25, 0.3) is 0 Å². The van der Waals surface area contributed by atoms with Crippen LogP contribution in [0.1, 0.15) is 51.6 Å². The highest BCUT2D eigenvalue weighted by molar-refractivity contribution is 5.67. The van der Waals surface area contributed by atoms with Gasteiger partial charge in [0, 0.05) is 64.6 Å². The molecule has 1 amide bonds. The van der Waals surface area contributed by atoms with Gasteiger partial charge in [0.15, 0.2) is 0 Å². The highest BCUT2D eigenvalue weighted by Gasteiger charge is 2.34. The van der Waals surface area contributed by atoms with Crippen LogP contribution in [0.3, 0.4) is 0 Å². The summed E-state index contributed by atoms with van der Waals surface area (Å²) in [5.41, 5.74) is 0.932. The number of hydrogen-bond acceptors (Lipinski definition) is 5. The molecule has 2 aliphatic heterocycles. The molecule has 0 N–H and O–H groups in total. The van der Waals surface area contributed by atoms with Gasteiger partial charge in [-0.15, -0.1) is 0 Å². The van der Waals surface area contributed by atoms with Gasteiger partial charge in [-0.3, -0.25) is 4.68 Å². The molecule has 152 valence electrons. The topological polar surface area (TPSA) is 53.8 Å². The highest BCUT2D eigenvalue weighted by atomic mass is 16.6. The highest BCUT2D eigenvalue weighted by Crippen LogP contribution is 2.30. The third-order valence-electron chi connectivity index (χ3n) is 5.66. The second-order valence-electron chi connectivity index (χ2n) is 9.04. The summed E-state index contributed by atoms with van der Waals surface area (Å²) >= 11 is 0. The predicted molar refractivity (Wildman–Crippen MR) is 105 cm³/mol. The van der Waals surface area contributed by atoms with Crippen molar-refractivity contribution in [2.45, 2.75) is 51.6 Å². The summed E-state index contributed by atoms with van der Waals surface area (Å²) < 4.78 is 7.43. The van der Waals surface area contributed by atoms with Crippen LogP contribution in [0.2, 0.25) is 0 Å². The molecule has 2 aliphatic rings. The van der Waals surface area contributed by atoms with E-state index in [0.717, 1.165) is 39.1 Å². The van der Waals surface area contributed by atoms with Crippen molar-refractivity contribution in [2.75, 3.05) is 39.8 Å². The lowest BCUT2D eigenvalue weighted by Crippen LogP contribution is -2.58. The number of hydrazine groups is 1. The molecule has 3 heterocycles. The molecule has 0 saturated carbocycles. The maximum Gasteiger partial charge on any atom is 0.410 e. The summed E-state index contributed by atoms with van der Waals surface area (Å²) in [6, 6.07) is 2.15. The molecule has 27 heavy (non-hydrogen) atoms. The molecule has 7 heteroatoms. The lowest BCUT2D eigenvalue weighted by atomic mass is 9.93. The average Bonchev–Trinajstić information content (AvgIpc) is 2.98. The molecular formula is C20H35N5O2. The minimum Gasteiger partial charge on any atom is -0.444 e. The van der Waals surface area contributed by atoms with Crippen molar-refractivity contribution in [1.29, 1.82) is 0 Å². The number of nitrogens with zero attached hydrogens (tertiary/aromatic N) is 5. The zero-order valence-corrected chi connectivity index (χ0v) is 17.5. The SMILES string of the molecule is CN(CCC1CN(N2CCC(c3ccnn3C)CC2)C1)C(=O)OC(C)(C)C. The molecule has 0 unspecified atom stereocenters. The normalized spacial score (nSPS) is 20.5. The molecule has 2 fully saturated rings. The van der Waals surface area contributed by atoms with E-state index in [1.54, 1.807) is 4.90 Å². The molecular weight excluding hydrogens is 342 g/mol. The lowest BCUT2D eigenvalue weighted by molar-refractivity contribution is -0.119. The fourth-order valence-electron chi connectivity index (χ4n) is 3.99. The fourth-order valence-corrected chi connectivity index (χ4v) is 3.99. The van der Waals surface area contributed by atoms with Crippen LogP contribution in [-0.2, 0) is 11.8 Å². The van der Waals surface area contributed by atoms with Gasteiger partial charge in [-0.1, -0.05) is 0 Å². The zero-order valence-electron chi connectivity index (χ0n) is 17.5. The van der Waals surface area contributed by atoms with E-state index in [1.165, 1.54) is 18.5 Å². The zero-order chi connectivity index (χ0) is 19.6. The Labute approximate surface area is 163 Å². The Balaban J connectivity index is 1.33. The maximum absolute atomic E-state index is 12.0. The van der Waals surface area contributed by atoms with Crippen LogP contribution in [0, 0.1) is 5.92 Å². The number of amides is 1. The Hall–Kier alpha value is -1.60. The summed E-state index contributed by atoms with van der Waals surface area (Å²) in [7, 11) is 3.86. The van der Waals surface area contributed by atoms with Crippen molar-refractivity contribution in [1.82, 2.24) is 24.7 Å². The predicted octanol–water partition coefficient (Wildman–Crippen LogP) is 2.70. The third-order valence-corrected chi connectivity index (χ3v) is 5.66. The van der Waals surface area contributed by atoms with Crippen LogP contribution in [0.4, 0.5) is 4.79 Å². The van der Waals surface area contributed by atoms with Gasteiger partial charge in [-0.05, 0) is 52.0 Å². The first-order chi connectivity index (χ1) is 12.7. The molecule has 1 aromatic heterocycles. The van der Waals surface area contributed by atoms with Crippen LogP contribution in [-0.4, -0.2) is 76.2 Å². The van der Waals surface area contributed by atoms with Crippen LogP contribution in [0.5, 0.6) is 0 Å². The number of carbonyl (C=O) groups is 1. The van der Waals surface area contributed by atoms with Gasteiger partial charge in [0.1, 0.15) is 5.60 Å². The van der Waals surface area contributed by atoms with Crippen LogP contribution < -0.4 is 0 Å². The Kier molecular flexibility index (Phi) is 6.11. The van der Waals surface area contributed by atoms with Gasteiger partial charge in [-0.25, -0.2) is 14.8 Å². The molecule has 2 saturated heterocycles. The quantitative estimate of drug-likeness (QED) is 0.790. The Morgan fingerprint density at radius 1 is 1.26 bits per heavy atom. The standard InChI is InChI=1S/C20H35N5O2/c1-20(2,3)27-19(26)22(4)11-7-16-14-25(15-16)24-12-8-17(9-13-24)18-6-10-21-23(18)5/h6,10,16-17H,7-9,11-15H2,1-5H3. The van der Waals surface area contributed by atoms with Gasteiger partial charge in [0.2, 0.25) is 0 Å². The van der Waals surface area contributed by atoms with E-state index in [1.807, 2.05) is 45.7 Å². The van der Waals surface area contributed by atoms with Gasteiger partial charge in [-0.2, -0.15) is 5.10 Å². The van der Waals surface area contributed by atoms with E-state index < -0.39 is 5.60 Å². The number of hydrogen-bond donors (Lipinski definition) is 0. The van der Waals surface area contributed by atoms with E-state index in [9.17, 15) is 4.79 Å². The van der Waals surface area contributed by atoms with Crippen molar-refractivity contribution in [3.63, 3.8) is 0 Å². The molecule has 0 radical (unpaired) electrons. The summed E-state index contributed by atoms with van der Waals surface area (Å²) in [4.78, 5) is 13.7. The molecule has 1 aromatic rings. The Morgan fingerprint density at radius 2 is 1.93 bits per heavy atom. The average molecular weight is 378 g/mol. The molecule has 7 nitrogen and oxygen atoms in total. The maximum atomic E-state index is 12.0. The smallest absolute Gasteiger partial charge is 0.410 e. The molecule has 0 aromatic carbocycles. The summed E-state index contributed by atoms with van der Waals surface area (Å²) in [5.74, 6) is 1.30. The van der Waals surface area contributed by atoms with Crippen LogP contribution in [0.15, 0.2) is 12.3 Å². The van der Waals surface area contributed by atoms with E-state index in [-0.39, 0.29) is 6.09 Å². The number of ether oxygens (including phenoxy) is 1. The summed E-state index contributed by atoms with van der Waals surface area (Å²) in [5, 5.41) is 9.30. The van der Waals surface area contributed by atoms with Gasteiger partial charge in [0.05, 0.1) is 0 Å². The van der Waals surface area contributed by atoms with Gasteiger partial charge in [0.25, 0.3) is 0 Å². The largest absolute Gasteiger partial charge is 0.444 e. The molecule has 0 spiro atoms. The third kappa shape index (κ3) is 5.23. The molecule has 3 rings (SSSR count). The lowest BCUT2D eigenvalue weighted by Gasteiger charge is -2.48. The van der Waals surface area contributed by atoms with Gasteiger partial charge >= 0.3 is 6.09 Å². The first kappa shape index (κ1) is 20.1. The Morgan fingerprint density at radius 3 is 2.48 bits per heavy atom.